The van der Waals surface area contributed by atoms with E-state index in [1.807, 2.05) is 17.5 Å². The third kappa shape index (κ3) is 7.99. The van der Waals surface area contributed by atoms with E-state index in [4.69, 9.17) is 11.6 Å². The average molecular weight is 489 g/mol. The second-order valence-electron chi connectivity index (χ2n) is 6.78. The molecule has 0 bridgehead atoms. The van der Waals surface area contributed by atoms with Crippen LogP contribution in [0.15, 0.2) is 58.3 Å². The fourth-order valence-electron chi connectivity index (χ4n) is 2.63. The first kappa shape index (κ1) is 23.8. The van der Waals surface area contributed by atoms with Crippen LogP contribution < -0.4 is 16.0 Å². The van der Waals surface area contributed by atoms with Crippen LogP contribution in [0.25, 0.3) is 0 Å². The Hall–Kier alpha value is -2.88. The molecule has 1 heterocycles. The van der Waals surface area contributed by atoms with Crippen LogP contribution in [0.4, 0.5) is 11.4 Å². The van der Waals surface area contributed by atoms with Gasteiger partial charge in [-0.2, -0.15) is 0 Å². The van der Waals surface area contributed by atoms with Gasteiger partial charge in [0.2, 0.25) is 17.7 Å². The molecular formula is C22H21ClN4O3S2. The SMILES string of the molecule is CC(=O)Nc1ccc(NC(=O)CSc2nc(CC(=O)NCc3ccc(Cl)cc3)cs2)cc1. The molecule has 10 heteroatoms. The molecular weight excluding hydrogens is 468 g/mol. The zero-order valence-corrected chi connectivity index (χ0v) is 19.6. The molecule has 0 aliphatic heterocycles. The lowest BCUT2D eigenvalue weighted by Gasteiger charge is -2.06. The first-order valence-corrected chi connectivity index (χ1v) is 11.9. The molecule has 0 spiro atoms. The van der Waals surface area contributed by atoms with Crippen LogP contribution in [-0.4, -0.2) is 28.5 Å². The molecule has 0 saturated carbocycles. The first-order chi connectivity index (χ1) is 15.4. The molecule has 0 aliphatic carbocycles. The van der Waals surface area contributed by atoms with E-state index in [0.717, 1.165) is 9.90 Å². The molecule has 2 aromatic carbocycles. The molecule has 0 unspecified atom stereocenters. The standard InChI is InChI=1S/C22H21ClN4O3S2/c1-14(28)25-17-6-8-18(9-7-17)26-21(30)13-32-22-27-19(12-31-22)10-20(29)24-11-15-2-4-16(23)5-3-15/h2-9,12H,10-11,13H2,1H3,(H,24,29)(H,25,28)(H,26,30). The summed E-state index contributed by atoms with van der Waals surface area (Å²) < 4.78 is 0.724. The third-order valence-electron chi connectivity index (χ3n) is 4.09. The highest BCUT2D eigenvalue weighted by Gasteiger charge is 2.10. The molecule has 3 aromatic rings. The maximum absolute atomic E-state index is 12.2. The quantitative estimate of drug-likeness (QED) is 0.389. The van der Waals surface area contributed by atoms with Gasteiger partial charge in [0, 0.05) is 35.2 Å². The molecule has 1 aromatic heterocycles. The summed E-state index contributed by atoms with van der Waals surface area (Å²) in [5.74, 6) is -0.245. The van der Waals surface area contributed by atoms with Gasteiger partial charge in [0.15, 0.2) is 4.34 Å². The van der Waals surface area contributed by atoms with E-state index in [2.05, 4.69) is 20.9 Å². The maximum atomic E-state index is 12.2. The van der Waals surface area contributed by atoms with Gasteiger partial charge in [-0.25, -0.2) is 4.98 Å². The number of benzene rings is 2. The molecule has 0 fully saturated rings. The lowest BCUT2D eigenvalue weighted by Crippen LogP contribution is -2.24. The van der Waals surface area contributed by atoms with Crippen LogP contribution in [0.1, 0.15) is 18.2 Å². The van der Waals surface area contributed by atoms with Gasteiger partial charge < -0.3 is 16.0 Å². The summed E-state index contributed by atoms with van der Waals surface area (Å²) in [4.78, 5) is 39.8. The molecule has 0 aliphatic rings. The van der Waals surface area contributed by atoms with Crippen molar-refractivity contribution in [3.63, 3.8) is 0 Å². The highest BCUT2D eigenvalue weighted by Crippen LogP contribution is 2.23. The Morgan fingerprint density at radius 2 is 1.62 bits per heavy atom. The van der Waals surface area contributed by atoms with Crippen LogP contribution in [-0.2, 0) is 27.3 Å². The van der Waals surface area contributed by atoms with Crippen molar-refractivity contribution < 1.29 is 14.4 Å². The van der Waals surface area contributed by atoms with E-state index >= 15 is 0 Å². The Labute approximate surface area is 199 Å². The molecule has 0 radical (unpaired) electrons. The first-order valence-electron chi connectivity index (χ1n) is 9.63. The number of hydrogen-bond acceptors (Lipinski definition) is 6. The van der Waals surface area contributed by atoms with Gasteiger partial charge in [0.1, 0.15) is 0 Å². The Morgan fingerprint density at radius 1 is 0.969 bits per heavy atom. The number of amides is 3. The van der Waals surface area contributed by atoms with Gasteiger partial charge in [0.25, 0.3) is 0 Å². The van der Waals surface area contributed by atoms with Crippen molar-refractivity contribution >= 4 is 63.8 Å². The number of anilines is 2. The summed E-state index contributed by atoms with van der Waals surface area (Å²) in [6.07, 6.45) is 0.178. The van der Waals surface area contributed by atoms with Crippen molar-refractivity contribution in [1.29, 1.82) is 0 Å². The number of thioether (sulfide) groups is 1. The highest BCUT2D eigenvalue weighted by atomic mass is 35.5. The second kappa shape index (κ2) is 11.7. The maximum Gasteiger partial charge on any atom is 0.234 e. The number of aromatic nitrogens is 1. The van der Waals surface area contributed by atoms with Crippen LogP contribution in [0.5, 0.6) is 0 Å². The minimum atomic E-state index is -0.167. The Morgan fingerprint density at radius 3 is 2.28 bits per heavy atom. The summed E-state index contributed by atoms with van der Waals surface area (Å²) >= 11 is 8.57. The van der Waals surface area contributed by atoms with Gasteiger partial charge in [-0.15, -0.1) is 11.3 Å². The molecule has 166 valence electrons. The van der Waals surface area contributed by atoms with Gasteiger partial charge in [-0.05, 0) is 42.0 Å². The highest BCUT2D eigenvalue weighted by molar-refractivity contribution is 8.01. The predicted octanol–water partition coefficient (Wildman–Crippen LogP) is 4.34. The van der Waals surface area contributed by atoms with E-state index in [1.54, 1.807) is 36.4 Å². The van der Waals surface area contributed by atoms with Gasteiger partial charge in [0.05, 0.1) is 17.9 Å². The van der Waals surface area contributed by atoms with E-state index in [1.165, 1.54) is 30.0 Å². The van der Waals surface area contributed by atoms with Crippen LogP contribution >= 0.6 is 34.7 Å². The smallest absolute Gasteiger partial charge is 0.234 e. The second-order valence-corrected chi connectivity index (χ2v) is 9.30. The average Bonchev–Trinajstić information content (AvgIpc) is 3.20. The summed E-state index contributed by atoms with van der Waals surface area (Å²) in [7, 11) is 0. The summed E-state index contributed by atoms with van der Waals surface area (Å²) in [6, 6.07) is 14.2. The van der Waals surface area contributed by atoms with Crippen molar-refractivity contribution in [1.82, 2.24) is 10.3 Å². The van der Waals surface area contributed by atoms with Crippen molar-refractivity contribution in [2.45, 2.75) is 24.2 Å². The number of nitrogens with zero attached hydrogens (tertiary/aromatic N) is 1. The van der Waals surface area contributed by atoms with E-state index in [9.17, 15) is 14.4 Å². The summed E-state index contributed by atoms with van der Waals surface area (Å²) in [6.45, 7) is 1.86. The van der Waals surface area contributed by atoms with Gasteiger partial charge in [-0.3, -0.25) is 14.4 Å². The Balaban J connectivity index is 1.40. The van der Waals surface area contributed by atoms with Crippen molar-refractivity contribution in [2.75, 3.05) is 16.4 Å². The van der Waals surface area contributed by atoms with Crippen molar-refractivity contribution in [3.8, 4) is 0 Å². The van der Waals surface area contributed by atoms with Crippen molar-refractivity contribution in [3.05, 3.63) is 70.2 Å². The van der Waals surface area contributed by atoms with E-state index in [-0.39, 0.29) is 29.9 Å². The topological polar surface area (TPSA) is 100 Å². The number of carbonyl (C=O) groups excluding carboxylic acids is 3. The zero-order chi connectivity index (χ0) is 22.9. The molecule has 3 amide bonds. The molecule has 7 nitrogen and oxygen atoms in total. The van der Waals surface area contributed by atoms with Gasteiger partial charge >= 0.3 is 0 Å². The number of hydrogen-bond donors (Lipinski definition) is 3. The number of rotatable bonds is 9. The molecule has 3 rings (SSSR count). The van der Waals surface area contributed by atoms with Crippen LogP contribution in [0, 0.1) is 0 Å². The van der Waals surface area contributed by atoms with Gasteiger partial charge in [-0.1, -0.05) is 35.5 Å². The van der Waals surface area contributed by atoms with Crippen LogP contribution in [0.2, 0.25) is 5.02 Å². The number of thiazole rings is 1. The Bertz CT molecular complexity index is 1090. The van der Waals surface area contributed by atoms with Crippen LogP contribution in [0.3, 0.4) is 0 Å². The van der Waals surface area contributed by atoms with Crippen molar-refractivity contribution in [2.24, 2.45) is 0 Å². The summed E-state index contributed by atoms with van der Waals surface area (Å²) in [5, 5.41) is 10.8. The summed E-state index contributed by atoms with van der Waals surface area (Å²) in [5.41, 5.74) is 2.94. The van der Waals surface area contributed by atoms with E-state index in [0.29, 0.717) is 28.6 Å². The monoisotopic (exact) mass is 488 g/mol. The zero-order valence-electron chi connectivity index (χ0n) is 17.2. The number of carbonyl (C=O) groups is 3. The van der Waals surface area contributed by atoms with E-state index < -0.39 is 0 Å². The lowest BCUT2D eigenvalue weighted by molar-refractivity contribution is -0.120. The molecule has 0 atom stereocenters. The number of nitrogens with one attached hydrogen (secondary N) is 3. The molecule has 32 heavy (non-hydrogen) atoms. The molecule has 0 saturated heterocycles. The molecule has 3 N–H and O–H groups in total. The number of halogens is 1. The lowest BCUT2D eigenvalue weighted by atomic mass is 10.2. The minimum absolute atomic E-state index is 0.123. The fraction of sp³-hybridized carbons (Fsp3) is 0.182. The predicted molar refractivity (Wildman–Crippen MR) is 129 cm³/mol. The minimum Gasteiger partial charge on any atom is -0.352 e. The Kier molecular flexibility index (Phi) is 8.66. The largest absolute Gasteiger partial charge is 0.352 e. The third-order valence-corrected chi connectivity index (χ3v) is 6.41. The normalized spacial score (nSPS) is 10.4. The fourth-order valence-corrected chi connectivity index (χ4v) is 4.40.